The molecule has 0 bridgehead atoms. The van der Waals surface area contributed by atoms with Gasteiger partial charge in [-0.15, -0.1) is 24.0 Å². The highest BCUT2D eigenvalue weighted by atomic mass is 127. The zero-order chi connectivity index (χ0) is 19.3. The second-order valence-electron chi connectivity index (χ2n) is 7.42. The number of aryl methyl sites for hydroxylation is 2. The summed E-state index contributed by atoms with van der Waals surface area (Å²) in [5.41, 5.74) is 1.50. The van der Waals surface area contributed by atoms with Crippen molar-refractivity contribution in [1.29, 1.82) is 0 Å². The molecule has 2 aromatic rings. The molecule has 1 atom stereocenters. The molecule has 1 aromatic heterocycles. The van der Waals surface area contributed by atoms with E-state index in [-0.39, 0.29) is 29.4 Å². The van der Waals surface area contributed by atoms with Gasteiger partial charge in [0.1, 0.15) is 11.6 Å². The topological polar surface area (TPSA) is 67.1 Å². The molecule has 0 amide bonds. The first kappa shape index (κ1) is 22.6. The van der Waals surface area contributed by atoms with E-state index in [0.717, 1.165) is 56.4 Å². The van der Waals surface area contributed by atoms with Gasteiger partial charge >= 0.3 is 0 Å². The van der Waals surface area contributed by atoms with Crippen LogP contribution in [0.4, 0.5) is 0 Å². The molecule has 1 unspecified atom stereocenters. The predicted octanol–water partition coefficient (Wildman–Crippen LogP) is 3.44. The van der Waals surface area contributed by atoms with Crippen LogP contribution in [0.5, 0.6) is 0 Å². The minimum absolute atomic E-state index is 0. The Morgan fingerprint density at radius 3 is 2.61 bits per heavy atom. The van der Waals surface area contributed by atoms with E-state index in [4.69, 9.17) is 0 Å². The summed E-state index contributed by atoms with van der Waals surface area (Å²) >= 11 is 0. The van der Waals surface area contributed by atoms with Crippen LogP contribution in [-0.4, -0.2) is 40.4 Å². The molecule has 154 valence electrons. The summed E-state index contributed by atoms with van der Waals surface area (Å²) in [6.45, 7) is 8.19. The second kappa shape index (κ2) is 10.2. The molecule has 1 aliphatic rings. The lowest BCUT2D eigenvalue weighted by Gasteiger charge is -2.34. The Balaban J connectivity index is 0.00000280. The average Bonchev–Trinajstić information content (AvgIpc) is 3.08. The van der Waals surface area contributed by atoms with E-state index >= 15 is 0 Å². The fourth-order valence-electron chi connectivity index (χ4n) is 3.99. The summed E-state index contributed by atoms with van der Waals surface area (Å²) in [5.74, 6) is 2.81. The van der Waals surface area contributed by atoms with Crippen molar-refractivity contribution in [3.63, 3.8) is 0 Å². The summed E-state index contributed by atoms with van der Waals surface area (Å²) in [6, 6.07) is 11.1. The summed E-state index contributed by atoms with van der Waals surface area (Å²) in [5, 5.41) is 11.7. The fraction of sp³-hybridized carbons (Fsp3) is 0.571. The van der Waals surface area contributed by atoms with Crippen molar-refractivity contribution in [3.05, 3.63) is 47.5 Å². The molecule has 0 saturated heterocycles. The van der Waals surface area contributed by atoms with Gasteiger partial charge in [0.2, 0.25) is 0 Å². The number of halogens is 1. The molecule has 2 N–H and O–H groups in total. The van der Waals surface area contributed by atoms with Gasteiger partial charge < -0.3 is 10.6 Å². The third-order valence-electron chi connectivity index (χ3n) is 5.86. The van der Waals surface area contributed by atoms with Crippen LogP contribution in [0.2, 0.25) is 0 Å². The highest BCUT2D eigenvalue weighted by molar-refractivity contribution is 14.0. The van der Waals surface area contributed by atoms with E-state index in [0.29, 0.717) is 6.04 Å². The fourth-order valence-corrected chi connectivity index (χ4v) is 3.99. The zero-order valence-electron chi connectivity index (χ0n) is 17.4. The Morgan fingerprint density at radius 2 is 1.96 bits per heavy atom. The van der Waals surface area contributed by atoms with Crippen molar-refractivity contribution in [3.8, 4) is 0 Å². The molecule has 3 rings (SSSR count). The molecule has 0 aliphatic carbocycles. The van der Waals surface area contributed by atoms with E-state index < -0.39 is 0 Å². The molecule has 7 heteroatoms. The maximum absolute atomic E-state index is 4.49. The quantitative estimate of drug-likeness (QED) is 0.366. The minimum atomic E-state index is 0. The molecule has 2 heterocycles. The number of aromatic nitrogens is 3. The number of rotatable bonds is 6. The summed E-state index contributed by atoms with van der Waals surface area (Å²) < 4.78 is 2.02. The Bertz CT molecular complexity index is 766. The van der Waals surface area contributed by atoms with Gasteiger partial charge in [-0.1, -0.05) is 44.2 Å². The number of benzene rings is 1. The van der Waals surface area contributed by atoms with Gasteiger partial charge in [-0.25, -0.2) is 9.67 Å². The van der Waals surface area contributed by atoms with Gasteiger partial charge in [0.15, 0.2) is 5.96 Å². The molecular formula is C21H33IN6. The number of guanidine groups is 1. The molecule has 1 aromatic carbocycles. The predicted molar refractivity (Wildman–Crippen MR) is 125 cm³/mol. The van der Waals surface area contributed by atoms with Crippen molar-refractivity contribution in [2.24, 2.45) is 4.99 Å². The lowest BCUT2D eigenvalue weighted by atomic mass is 9.76. The maximum atomic E-state index is 4.49. The number of hydrogen-bond donors (Lipinski definition) is 2. The zero-order valence-corrected chi connectivity index (χ0v) is 19.7. The standard InChI is InChI=1S/C21H32N6.HI/c1-5-21(6-2,17-10-8-7-9-11-17)15-23-20(22-4)25-18-12-13-19-24-16(3)26-27(19)14-18;/h7-11,18H,5-6,12-15H2,1-4H3,(H2,22,23,25);1H. The molecular weight excluding hydrogens is 463 g/mol. The minimum Gasteiger partial charge on any atom is -0.356 e. The van der Waals surface area contributed by atoms with E-state index in [2.05, 4.69) is 69.9 Å². The lowest BCUT2D eigenvalue weighted by Crippen LogP contribution is -2.50. The highest BCUT2D eigenvalue weighted by Crippen LogP contribution is 2.30. The van der Waals surface area contributed by atoms with Crippen LogP contribution in [0, 0.1) is 6.92 Å². The Labute approximate surface area is 185 Å². The highest BCUT2D eigenvalue weighted by Gasteiger charge is 2.29. The van der Waals surface area contributed by atoms with Crippen LogP contribution < -0.4 is 10.6 Å². The Hall–Kier alpha value is -1.64. The number of hydrogen-bond acceptors (Lipinski definition) is 3. The first-order chi connectivity index (χ1) is 13.1. The van der Waals surface area contributed by atoms with Crippen molar-refractivity contribution >= 4 is 29.9 Å². The van der Waals surface area contributed by atoms with Gasteiger partial charge in [0.25, 0.3) is 0 Å². The summed E-state index contributed by atoms with van der Waals surface area (Å²) in [4.78, 5) is 8.95. The SMILES string of the molecule is CCC(CC)(CNC(=NC)NC1CCc2nc(C)nn2C1)c1ccccc1.I. The average molecular weight is 496 g/mol. The van der Waals surface area contributed by atoms with Crippen molar-refractivity contribution < 1.29 is 0 Å². The van der Waals surface area contributed by atoms with Gasteiger partial charge in [-0.3, -0.25) is 4.99 Å². The Kier molecular flexibility index (Phi) is 8.27. The summed E-state index contributed by atoms with van der Waals surface area (Å²) in [6.07, 6.45) is 4.17. The van der Waals surface area contributed by atoms with Crippen molar-refractivity contribution in [2.45, 2.75) is 64.5 Å². The molecule has 1 aliphatic heterocycles. The number of aliphatic imine (C=N–C) groups is 1. The van der Waals surface area contributed by atoms with Crippen molar-refractivity contribution in [1.82, 2.24) is 25.4 Å². The van der Waals surface area contributed by atoms with E-state index in [1.165, 1.54) is 5.56 Å². The Morgan fingerprint density at radius 1 is 1.25 bits per heavy atom. The van der Waals surface area contributed by atoms with Crippen LogP contribution in [0.1, 0.15) is 50.3 Å². The third kappa shape index (κ3) is 5.04. The van der Waals surface area contributed by atoms with Gasteiger partial charge in [0.05, 0.1) is 6.54 Å². The van der Waals surface area contributed by atoms with E-state index in [1.54, 1.807) is 0 Å². The summed E-state index contributed by atoms with van der Waals surface area (Å²) in [7, 11) is 1.84. The van der Waals surface area contributed by atoms with Crippen LogP contribution in [0.15, 0.2) is 35.3 Å². The van der Waals surface area contributed by atoms with Crippen LogP contribution in [0.3, 0.4) is 0 Å². The van der Waals surface area contributed by atoms with Crippen molar-refractivity contribution in [2.75, 3.05) is 13.6 Å². The van der Waals surface area contributed by atoms with Gasteiger partial charge in [0, 0.05) is 31.5 Å². The lowest BCUT2D eigenvalue weighted by molar-refractivity contribution is 0.375. The molecule has 28 heavy (non-hydrogen) atoms. The molecule has 6 nitrogen and oxygen atoms in total. The monoisotopic (exact) mass is 496 g/mol. The van der Waals surface area contributed by atoms with Gasteiger partial charge in [-0.2, -0.15) is 5.10 Å². The van der Waals surface area contributed by atoms with Crippen LogP contribution >= 0.6 is 24.0 Å². The number of nitrogens with zero attached hydrogens (tertiary/aromatic N) is 4. The molecule has 0 radical (unpaired) electrons. The third-order valence-corrected chi connectivity index (χ3v) is 5.86. The van der Waals surface area contributed by atoms with E-state index in [1.807, 2.05) is 18.7 Å². The first-order valence-corrected chi connectivity index (χ1v) is 10.0. The first-order valence-electron chi connectivity index (χ1n) is 10.0. The maximum Gasteiger partial charge on any atom is 0.191 e. The normalized spacial score (nSPS) is 16.9. The van der Waals surface area contributed by atoms with Crippen LogP contribution in [0.25, 0.3) is 0 Å². The van der Waals surface area contributed by atoms with Gasteiger partial charge in [-0.05, 0) is 31.7 Å². The largest absolute Gasteiger partial charge is 0.356 e. The molecule has 0 spiro atoms. The number of nitrogens with one attached hydrogen (secondary N) is 2. The molecule has 0 fully saturated rings. The second-order valence-corrected chi connectivity index (χ2v) is 7.42. The van der Waals surface area contributed by atoms with Crippen LogP contribution in [-0.2, 0) is 18.4 Å². The van der Waals surface area contributed by atoms with E-state index in [9.17, 15) is 0 Å². The smallest absolute Gasteiger partial charge is 0.191 e. The molecule has 0 saturated carbocycles. The number of fused-ring (bicyclic) bond motifs is 1.